The van der Waals surface area contributed by atoms with Crippen LogP contribution in [0.1, 0.15) is 6.92 Å². The SMILES string of the molecule is COc1cc2c(cc1Cl)NC(C)C(=O)N2. The molecule has 80 valence electrons. The van der Waals surface area contributed by atoms with Crippen molar-refractivity contribution in [2.45, 2.75) is 13.0 Å². The molecule has 0 fully saturated rings. The number of amides is 1. The molecule has 0 saturated heterocycles. The van der Waals surface area contributed by atoms with Gasteiger partial charge in [-0.25, -0.2) is 0 Å². The first kappa shape index (κ1) is 10.1. The molecule has 1 aromatic carbocycles. The zero-order valence-electron chi connectivity index (χ0n) is 8.43. The lowest BCUT2D eigenvalue weighted by Crippen LogP contribution is -2.36. The summed E-state index contributed by atoms with van der Waals surface area (Å²) in [7, 11) is 1.54. The third kappa shape index (κ3) is 1.72. The molecule has 0 aromatic heterocycles. The lowest BCUT2D eigenvalue weighted by Gasteiger charge is -2.24. The number of carbonyl (C=O) groups excluding carboxylic acids is 1. The molecule has 0 spiro atoms. The zero-order valence-corrected chi connectivity index (χ0v) is 9.18. The molecule has 1 amide bonds. The molecule has 1 aliphatic rings. The van der Waals surface area contributed by atoms with Crippen LogP contribution in [0, 0.1) is 0 Å². The number of hydrogen-bond acceptors (Lipinski definition) is 3. The number of ether oxygens (including phenoxy) is 1. The van der Waals surface area contributed by atoms with Gasteiger partial charge >= 0.3 is 0 Å². The second-order valence-corrected chi connectivity index (χ2v) is 3.79. The lowest BCUT2D eigenvalue weighted by atomic mass is 10.1. The lowest BCUT2D eigenvalue weighted by molar-refractivity contribution is -0.116. The van der Waals surface area contributed by atoms with Crippen molar-refractivity contribution in [1.29, 1.82) is 0 Å². The van der Waals surface area contributed by atoms with E-state index in [0.717, 1.165) is 5.69 Å². The van der Waals surface area contributed by atoms with Gasteiger partial charge in [0.2, 0.25) is 5.91 Å². The first-order valence-electron chi connectivity index (χ1n) is 4.56. The molecule has 2 rings (SSSR count). The second-order valence-electron chi connectivity index (χ2n) is 3.39. The normalized spacial score (nSPS) is 18.9. The summed E-state index contributed by atoms with van der Waals surface area (Å²) in [5, 5.41) is 6.34. The van der Waals surface area contributed by atoms with Crippen LogP contribution in [0.25, 0.3) is 0 Å². The monoisotopic (exact) mass is 226 g/mol. The molecule has 2 N–H and O–H groups in total. The fourth-order valence-corrected chi connectivity index (χ4v) is 1.71. The minimum atomic E-state index is -0.248. The summed E-state index contributed by atoms with van der Waals surface area (Å²) in [4.78, 5) is 11.4. The van der Waals surface area contributed by atoms with E-state index in [2.05, 4.69) is 10.6 Å². The third-order valence-corrected chi connectivity index (χ3v) is 2.61. The van der Waals surface area contributed by atoms with E-state index in [9.17, 15) is 4.79 Å². The largest absolute Gasteiger partial charge is 0.495 e. The van der Waals surface area contributed by atoms with Gasteiger partial charge in [-0.2, -0.15) is 0 Å². The molecule has 1 atom stereocenters. The topological polar surface area (TPSA) is 50.4 Å². The fraction of sp³-hybridized carbons (Fsp3) is 0.300. The van der Waals surface area contributed by atoms with Crippen molar-refractivity contribution in [2.24, 2.45) is 0 Å². The molecule has 1 heterocycles. The van der Waals surface area contributed by atoms with E-state index in [1.165, 1.54) is 7.11 Å². The maximum absolute atomic E-state index is 11.4. The highest BCUT2D eigenvalue weighted by Crippen LogP contribution is 2.36. The van der Waals surface area contributed by atoms with Crippen LogP contribution in [0.2, 0.25) is 5.02 Å². The third-order valence-electron chi connectivity index (χ3n) is 2.32. The van der Waals surface area contributed by atoms with Crippen molar-refractivity contribution in [3.05, 3.63) is 17.2 Å². The van der Waals surface area contributed by atoms with E-state index in [1.807, 2.05) is 0 Å². The summed E-state index contributed by atoms with van der Waals surface area (Å²) < 4.78 is 5.06. The van der Waals surface area contributed by atoms with Crippen LogP contribution in [0.3, 0.4) is 0 Å². The predicted octanol–water partition coefficient (Wildman–Crippen LogP) is 2.10. The maximum atomic E-state index is 11.4. The molecule has 0 saturated carbocycles. The van der Waals surface area contributed by atoms with Crippen LogP contribution in [0.5, 0.6) is 5.75 Å². The Labute approximate surface area is 92.6 Å². The molecule has 4 nitrogen and oxygen atoms in total. The number of carbonyl (C=O) groups is 1. The summed E-state index contributed by atoms with van der Waals surface area (Å²) in [6, 6.07) is 3.20. The van der Waals surface area contributed by atoms with E-state index in [0.29, 0.717) is 16.5 Å². The average molecular weight is 227 g/mol. The highest BCUT2D eigenvalue weighted by Gasteiger charge is 2.22. The molecule has 0 aliphatic carbocycles. The minimum absolute atomic E-state index is 0.0631. The Bertz CT molecular complexity index is 420. The van der Waals surface area contributed by atoms with E-state index in [1.54, 1.807) is 19.1 Å². The number of fused-ring (bicyclic) bond motifs is 1. The van der Waals surface area contributed by atoms with E-state index in [4.69, 9.17) is 16.3 Å². The molecule has 0 radical (unpaired) electrons. The van der Waals surface area contributed by atoms with Gasteiger partial charge in [-0.3, -0.25) is 4.79 Å². The van der Waals surface area contributed by atoms with E-state index >= 15 is 0 Å². The highest BCUT2D eigenvalue weighted by atomic mass is 35.5. The first-order valence-corrected chi connectivity index (χ1v) is 4.94. The molecule has 0 bridgehead atoms. The Morgan fingerprint density at radius 1 is 1.40 bits per heavy atom. The van der Waals surface area contributed by atoms with Crippen LogP contribution in [0.4, 0.5) is 11.4 Å². The van der Waals surface area contributed by atoms with Crippen molar-refractivity contribution < 1.29 is 9.53 Å². The van der Waals surface area contributed by atoms with Crippen LogP contribution in [-0.4, -0.2) is 19.1 Å². The summed E-state index contributed by atoms with van der Waals surface area (Å²) >= 11 is 5.97. The van der Waals surface area contributed by atoms with Gasteiger partial charge in [0, 0.05) is 6.07 Å². The number of hydrogen-bond donors (Lipinski definition) is 2. The van der Waals surface area contributed by atoms with Gasteiger partial charge in [-0.15, -0.1) is 0 Å². The molecular weight excluding hydrogens is 216 g/mol. The quantitative estimate of drug-likeness (QED) is 0.771. The number of anilines is 2. The van der Waals surface area contributed by atoms with Gasteiger partial charge in [0.1, 0.15) is 11.8 Å². The van der Waals surface area contributed by atoms with Gasteiger partial charge in [-0.05, 0) is 13.0 Å². The Morgan fingerprint density at radius 3 is 2.80 bits per heavy atom. The van der Waals surface area contributed by atoms with Crippen LogP contribution in [0.15, 0.2) is 12.1 Å². The van der Waals surface area contributed by atoms with Crippen molar-refractivity contribution in [2.75, 3.05) is 17.7 Å². The van der Waals surface area contributed by atoms with Crippen molar-refractivity contribution in [1.82, 2.24) is 0 Å². The van der Waals surface area contributed by atoms with Crippen LogP contribution >= 0.6 is 11.6 Å². The number of benzene rings is 1. The van der Waals surface area contributed by atoms with Gasteiger partial charge in [0.05, 0.1) is 23.5 Å². The standard InChI is InChI=1S/C10H11ClN2O2/c1-5-10(14)13-8-4-9(15-2)6(11)3-7(8)12-5/h3-5,12H,1-2H3,(H,13,14). The molecule has 15 heavy (non-hydrogen) atoms. The predicted molar refractivity (Wildman–Crippen MR) is 59.7 cm³/mol. The Hall–Kier alpha value is -1.42. The summed E-state index contributed by atoms with van der Waals surface area (Å²) in [5.41, 5.74) is 1.51. The van der Waals surface area contributed by atoms with E-state index in [-0.39, 0.29) is 11.9 Å². The van der Waals surface area contributed by atoms with E-state index < -0.39 is 0 Å². The molecule has 1 aliphatic heterocycles. The maximum Gasteiger partial charge on any atom is 0.246 e. The Kier molecular flexibility index (Phi) is 2.44. The summed E-state index contributed by atoms with van der Waals surface area (Å²) in [5.74, 6) is 0.485. The summed E-state index contributed by atoms with van der Waals surface area (Å²) in [6.07, 6.45) is 0. The number of nitrogens with one attached hydrogen (secondary N) is 2. The van der Waals surface area contributed by atoms with Gasteiger partial charge in [0.15, 0.2) is 0 Å². The highest BCUT2D eigenvalue weighted by molar-refractivity contribution is 6.32. The molecule has 1 aromatic rings. The van der Waals surface area contributed by atoms with Gasteiger partial charge in [0.25, 0.3) is 0 Å². The molecule has 5 heteroatoms. The van der Waals surface area contributed by atoms with Gasteiger partial charge < -0.3 is 15.4 Å². The molecular formula is C10H11ClN2O2. The van der Waals surface area contributed by atoms with Crippen molar-refractivity contribution in [3.63, 3.8) is 0 Å². The first-order chi connectivity index (χ1) is 7.11. The smallest absolute Gasteiger partial charge is 0.246 e. The number of rotatable bonds is 1. The summed E-state index contributed by atoms with van der Waals surface area (Å²) in [6.45, 7) is 1.79. The minimum Gasteiger partial charge on any atom is -0.495 e. The van der Waals surface area contributed by atoms with Crippen molar-refractivity contribution >= 4 is 28.9 Å². The Balaban J connectivity index is 2.45. The number of methoxy groups -OCH3 is 1. The Morgan fingerprint density at radius 2 is 2.13 bits per heavy atom. The van der Waals surface area contributed by atoms with Crippen LogP contribution in [-0.2, 0) is 4.79 Å². The molecule has 1 unspecified atom stereocenters. The van der Waals surface area contributed by atoms with Gasteiger partial charge in [-0.1, -0.05) is 11.6 Å². The van der Waals surface area contributed by atoms with Crippen LogP contribution < -0.4 is 15.4 Å². The fourth-order valence-electron chi connectivity index (χ4n) is 1.47. The zero-order chi connectivity index (χ0) is 11.0. The number of halogens is 1. The average Bonchev–Trinajstić information content (AvgIpc) is 2.20. The second kappa shape index (κ2) is 3.62. The van der Waals surface area contributed by atoms with Crippen molar-refractivity contribution in [3.8, 4) is 5.75 Å².